The van der Waals surface area contributed by atoms with Gasteiger partial charge in [-0.1, -0.05) is 13.8 Å². The summed E-state index contributed by atoms with van der Waals surface area (Å²) in [5, 5.41) is 1.08. The van der Waals surface area contributed by atoms with Gasteiger partial charge in [0, 0.05) is 17.2 Å². The molecule has 0 aliphatic carbocycles. The van der Waals surface area contributed by atoms with Crippen LogP contribution in [0.1, 0.15) is 13.8 Å². The first-order valence-electron chi connectivity index (χ1n) is 4.36. The van der Waals surface area contributed by atoms with Gasteiger partial charge in [0.25, 0.3) is 0 Å². The van der Waals surface area contributed by atoms with Crippen molar-refractivity contribution < 1.29 is 4.42 Å². The highest BCUT2D eigenvalue weighted by Gasteiger charge is 2.06. The lowest BCUT2D eigenvalue weighted by atomic mass is 10.1. The Kier molecular flexibility index (Phi) is 1.91. The normalized spacial score (nSPS) is 14.2. The molecule has 0 atom stereocenters. The molecule has 0 radical (unpaired) electrons. The molecule has 0 saturated carbocycles. The molecule has 1 aromatic rings. The first-order chi connectivity index (χ1) is 6.29. The van der Waals surface area contributed by atoms with Crippen molar-refractivity contribution in [3.63, 3.8) is 0 Å². The van der Waals surface area contributed by atoms with Crippen LogP contribution in [0.15, 0.2) is 27.8 Å². The van der Waals surface area contributed by atoms with Crippen molar-refractivity contribution in [3.8, 4) is 0 Å². The van der Waals surface area contributed by atoms with Crippen LogP contribution in [0.25, 0.3) is 11.8 Å². The van der Waals surface area contributed by atoms with Crippen molar-refractivity contribution in [3.05, 3.63) is 29.0 Å². The zero-order valence-corrected chi connectivity index (χ0v) is 7.74. The Morgan fingerprint density at radius 3 is 3.08 bits per heavy atom. The van der Waals surface area contributed by atoms with Crippen molar-refractivity contribution in [2.24, 2.45) is 10.9 Å². The van der Waals surface area contributed by atoms with Gasteiger partial charge in [-0.2, -0.15) is 0 Å². The molecule has 2 heterocycles. The summed E-state index contributed by atoms with van der Waals surface area (Å²) in [6, 6.07) is 1.94. The van der Waals surface area contributed by atoms with Crippen molar-refractivity contribution in [2.45, 2.75) is 13.8 Å². The second-order valence-corrected chi connectivity index (χ2v) is 3.32. The molecule has 1 aliphatic rings. The fourth-order valence-corrected chi connectivity index (χ4v) is 1.33. The number of allylic oxidation sites excluding steroid dienone is 1. The molecule has 1 aliphatic heterocycles. The zero-order chi connectivity index (χ0) is 9.26. The van der Waals surface area contributed by atoms with Crippen LogP contribution in [-0.4, -0.2) is 5.87 Å². The van der Waals surface area contributed by atoms with Gasteiger partial charge < -0.3 is 4.42 Å². The molecule has 0 unspecified atom stereocenters. The Morgan fingerprint density at radius 2 is 2.31 bits per heavy atom. The van der Waals surface area contributed by atoms with E-state index < -0.39 is 0 Å². The van der Waals surface area contributed by atoms with Crippen LogP contribution in [0.2, 0.25) is 0 Å². The summed E-state index contributed by atoms with van der Waals surface area (Å²) in [4.78, 5) is 4.22. The predicted octanol–water partition coefficient (Wildman–Crippen LogP) is 1.06. The minimum atomic E-state index is 0.359. The standard InChI is InChI=1S/C11H11NO/c1-8(2)10-11-9(5-7-13-11)4-3-6-12-10/h3-5,7-8H,1-2H3. The average Bonchev–Trinajstić information content (AvgIpc) is 2.44. The van der Waals surface area contributed by atoms with Gasteiger partial charge in [-0.25, -0.2) is 4.99 Å². The zero-order valence-electron chi connectivity index (χ0n) is 7.74. The Bertz CT molecular complexity index is 484. The number of aliphatic imine (C=N–C) groups is 1. The second-order valence-electron chi connectivity index (χ2n) is 3.32. The number of furan rings is 1. The fourth-order valence-electron chi connectivity index (χ4n) is 1.33. The molecule has 2 rings (SSSR count). The maximum atomic E-state index is 5.39. The molecule has 0 spiro atoms. The van der Waals surface area contributed by atoms with Crippen molar-refractivity contribution in [1.29, 1.82) is 0 Å². The third-order valence-corrected chi connectivity index (χ3v) is 2.00. The first kappa shape index (κ1) is 8.09. The third kappa shape index (κ3) is 1.36. The van der Waals surface area contributed by atoms with E-state index in [1.807, 2.05) is 18.2 Å². The fraction of sp³-hybridized carbons (Fsp3) is 0.273. The van der Waals surface area contributed by atoms with E-state index in [-0.39, 0.29) is 0 Å². The Balaban J connectivity index is 2.85. The average molecular weight is 173 g/mol. The SMILES string of the molecule is CC(C)C1=c2occc2=CC=C=N1. The number of nitrogens with zero attached hydrogens (tertiary/aromatic N) is 1. The summed E-state index contributed by atoms with van der Waals surface area (Å²) < 4.78 is 5.39. The highest BCUT2D eigenvalue weighted by atomic mass is 16.3. The highest BCUT2D eigenvalue weighted by molar-refractivity contribution is 5.70. The lowest BCUT2D eigenvalue weighted by Gasteiger charge is -2.00. The summed E-state index contributed by atoms with van der Waals surface area (Å²) in [5.74, 6) is 3.22. The predicted molar refractivity (Wildman–Crippen MR) is 52.7 cm³/mol. The molecular weight excluding hydrogens is 162 g/mol. The Hall–Kier alpha value is -1.53. The van der Waals surface area contributed by atoms with E-state index in [2.05, 4.69) is 24.7 Å². The molecule has 66 valence electrons. The van der Waals surface area contributed by atoms with Crippen LogP contribution in [-0.2, 0) is 0 Å². The van der Waals surface area contributed by atoms with Crippen LogP contribution >= 0.6 is 0 Å². The summed E-state index contributed by atoms with van der Waals surface area (Å²) in [6.45, 7) is 4.19. The molecule has 0 aromatic carbocycles. The number of rotatable bonds is 1. The van der Waals surface area contributed by atoms with E-state index in [4.69, 9.17) is 4.42 Å². The quantitative estimate of drug-likeness (QED) is 0.623. The van der Waals surface area contributed by atoms with Crippen LogP contribution in [0.3, 0.4) is 0 Å². The van der Waals surface area contributed by atoms with Crippen molar-refractivity contribution in [2.75, 3.05) is 0 Å². The summed E-state index contributed by atoms with van der Waals surface area (Å²) in [6.07, 6.45) is 5.46. The van der Waals surface area contributed by atoms with Gasteiger partial charge in [0.05, 0.1) is 12.0 Å². The van der Waals surface area contributed by atoms with Gasteiger partial charge in [0.2, 0.25) is 0 Å². The van der Waals surface area contributed by atoms with Gasteiger partial charge in [-0.3, -0.25) is 0 Å². The molecule has 0 amide bonds. The second kappa shape index (κ2) is 3.08. The number of hydrogen-bond donors (Lipinski definition) is 0. The molecule has 1 aromatic heterocycles. The molecule has 2 heteroatoms. The van der Waals surface area contributed by atoms with Gasteiger partial charge in [-0.15, -0.1) is 0 Å². The minimum absolute atomic E-state index is 0.359. The number of fused-ring (bicyclic) bond motifs is 1. The Labute approximate surface area is 76.6 Å². The largest absolute Gasteiger partial charge is 0.462 e. The molecular formula is C11H11NO. The molecule has 0 fully saturated rings. The first-order valence-corrected chi connectivity index (χ1v) is 4.36. The Morgan fingerprint density at radius 1 is 1.46 bits per heavy atom. The minimum Gasteiger partial charge on any atom is -0.462 e. The van der Waals surface area contributed by atoms with Crippen LogP contribution < -0.4 is 10.6 Å². The molecule has 0 saturated heterocycles. The summed E-state index contributed by atoms with van der Waals surface area (Å²) in [5.41, 5.74) is 1.83. The monoisotopic (exact) mass is 173 g/mol. The topological polar surface area (TPSA) is 25.5 Å². The van der Waals surface area contributed by atoms with Gasteiger partial charge in [-0.05, 0) is 18.0 Å². The summed E-state index contributed by atoms with van der Waals surface area (Å²) in [7, 11) is 0. The van der Waals surface area contributed by atoms with Crippen LogP contribution in [0, 0.1) is 5.92 Å². The molecule has 0 N–H and O–H groups in total. The van der Waals surface area contributed by atoms with E-state index in [9.17, 15) is 0 Å². The molecule has 13 heavy (non-hydrogen) atoms. The molecule has 2 nitrogen and oxygen atoms in total. The van der Waals surface area contributed by atoms with Crippen molar-refractivity contribution >= 4 is 17.6 Å². The van der Waals surface area contributed by atoms with E-state index in [0.717, 1.165) is 16.3 Å². The smallest absolute Gasteiger partial charge is 0.156 e. The van der Waals surface area contributed by atoms with Gasteiger partial charge in [0.1, 0.15) is 0 Å². The van der Waals surface area contributed by atoms with Crippen molar-refractivity contribution in [1.82, 2.24) is 0 Å². The van der Waals surface area contributed by atoms with Crippen LogP contribution in [0.5, 0.6) is 0 Å². The lowest BCUT2D eigenvalue weighted by Crippen LogP contribution is -2.22. The third-order valence-electron chi connectivity index (χ3n) is 2.00. The van der Waals surface area contributed by atoms with Gasteiger partial charge >= 0.3 is 0 Å². The van der Waals surface area contributed by atoms with Crippen LogP contribution in [0.4, 0.5) is 0 Å². The van der Waals surface area contributed by atoms with E-state index >= 15 is 0 Å². The lowest BCUT2D eigenvalue weighted by molar-refractivity contribution is 0.521. The van der Waals surface area contributed by atoms with E-state index in [1.54, 1.807) is 6.26 Å². The van der Waals surface area contributed by atoms with Gasteiger partial charge in [0.15, 0.2) is 5.42 Å². The highest BCUT2D eigenvalue weighted by Crippen LogP contribution is 2.09. The van der Waals surface area contributed by atoms with E-state index in [0.29, 0.717) is 5.92 Å². The van der Waals surface area contributed by atoms with E-state index in [1.165, 1.54) is 0 Å². The number of hydrogen-bond acceptors (Lipinski definition) is 2. The molecule has 0 bridgehead atoms. The maximum absolute atomic E-state index is 5.39. The maximum Gasteiger partial charge on any atom is 0.156 e. The summed E-state index contributed by atoms with van der Waals surface area (Å²) >= 11 is 0.